The number of piperidine rings is 3. The molecule has 9 nitrogen and oxygen atoms in total. The molecule has 0 bridgehead atoms. The van der Waals surface area contributed by atoms with Gasteiger partial charge in [0, 0.05) is 65.4 Å². The van der Waals surface area contributed by atoms with Gasteiger partial charge in [-0.05, 0) is 175 Å². The van der Waals surface area contributed by atoms with Crippen molar-refractivity contribution in [3.63, 3.8) is 0 Å². The molecule has 0 N–H and O–H groups in total. The standard InChI is InChI=1S/C15H31N.C14H28N2O.C14H29N.C10H22N2.C9H19NO/c1-6-14(15(3,4)5)12-13-8-10-16(7-2)11-9-13;1-14(2,3)10-12-6-8-16(9-7-12)13(17)11-15(4)5;1-6-13(14(2,3)4)11-12-7-9-15(5)10-8-12;1-10(2,3)9-12-7-5-11(4)6-8-12;1-9(2,3)8-10-4-6-11-7-5-10/h13-14H,6-12H2,1-5H3;12H,6-11H2,1-5H3;12-13H,6-11H2,1-5H3;5-9H2,1-4H3;4-8H2,1-3H3. The number of amides is 1. The summed E-state index contributed by atoms with van der Waals surface area (Å²) in [5.41, 5.74) is 2.29. The molecular weight excluding hydrogens is 875 g/mol. The van der Waals surface area contributed by atoms with Gasteiger partial charge in [0.2, 0.25) is 5.91 Å². The maximum absolute atomic E-state index is 11.9. The zero-order chi connectivity index (χ0) is 54.2. The third-order valence-electron chi connectivity index (χ3n) is 16.1. The SMILES string of the molecule is CC(C)(C)CN1CCOCC1.CCC(CC1CCN(C)CC1)C(C)(C)C.CCC(CC1CCN(CC)CC1)C(C)(C)C.CN(C)CC(=O)N1CCC(CC(C)(C)C)CC1.CN1CCN(CC(C)(C)C)CC1. The van der Waals surface area contributed by atoms with Crippen LogP contribution in [0.25, 0.3) is 0 Å². The first kappa shape index (κ1) is 68.2. The summed E-state index contributed by atoms with van der Waals surface area (Å²) in [4.78, 5) is 28.4. The van der Waals surface area contributed by atoms with Gasteiger partial charge in [0.25, 0.3) is 0 Å². The molecule has 5 aliphatic rings. The highest BCUT2D eigenvalue weighted by molar-refractivity contribution is 5.78. The van der Waals surface area contributed by atoms with E-state index in [-0.39, 0.29) is 5.91 Å². The molecule has 424 valence electrons. The van der Waals surface area contributed by atoms with Crippen LogP contribution < -0.4 is 0 Å². The zero-order valence-electron chi connectivity index (χ0n) is 52.3. The Bertz CT molecular complexity index is 1320. The minimum atomic E-state index is 0.282. The van der Waals surface area contributed by atoms with Crippen LogP contribution in [0.2, 0.25) is 0 Å². The average molecular weight is 1000 g/mol. The van der Waals surface area contributed by atoms with Gasteiger partial charge in [-0.15, -0.1) is 0 Å². The predicted octanol–water partition coefficient (Wildman–Crippen LogP) is 12.8. The molecule has 0 aromatic rings. The van der Waals surface area contributed by atoms with Crippen molar-refractivity contribution in [1.29, 1.82) is 0 Å². The van der Waals surface area contributed by atoms with Crippen LogP contribution in [0.1, 0.15) is 195 Å². The van der Waals surface area contributed by atoms with E-state index < -0.39 is 0 Å². The number of hydrogen-bond acceptors (Lipinski definition) is 8. The molecule has 0 radical (unpaired) electrons. The number of carbonyl (C=O) groups excluding carboxylic acids is 1. The third-order valence-corrected chi connectivity index (χ3v) is 16.1. The van der Waals surface area contributed by atoms with Crippen LogP contribution >= 0.6 is 0 Å². The van der Waals surface area contributed by atoms with E-state index in [0.717, 1.165) is 69.0 Å². The van der Waals surface area contributed by atoms with Crippen LogP contribution in [0.5, 0.6) is 0 Å². The fourth-order valence-corrected chi connectivity index (χ4v) is 11.6. The lowest BCUT2D eigenvalue weighted by Crippen LogP contribution is -2.47. The Hall–Kier alpha value is -0.810. The molecule has 0 saturated carbocycles. The van der Waals surface area contributed by atoms with Gasteiger partial charge >= 0.3 is 0 Å². The molecular formula is C62H129N7O2. The molecule has 1 amide bonds. The van der Waals surface area contributed by atoms with Crippen molar-refractivity contribution in [2.45, 2.75) is 195 Å². The Labute approximate surface area is 446 Å². The summed E-state index contributed by atoms with van der Waals surface area (Å²) in [6.07, 6.45) is 14.9. The number of likely N-dealkylation sites (N-methyl/N-ethyl adjacent to an activating group) is 2. The Morgan fingerprint density at radius 2 is 0.873 bits per heavy atom. The van der Waals surface area contributed by atoms with Gasteiger partial charge in [0.1, 0.15) is 0 Å². The van der Waals surface area contributed by atoms with Crippen LogP contribution in [0, 0.1) is 56.7 Å². The minimum absolute atomic E-state index is 0.282. The van der Waals surface area contributed by atoms with Crippen molar-refractivity contribution in [3.8, 4) is 0 Å². The molecule has 2 unspecified atom stereocenters. The average Bonchev–Trinajstić information content (AvgIpc) is 3.25. The van der Waals surface area contributed by atoms with Crippen LogP contribution in [0.3, 0.4) is 0 Å². The van der Waals surface area contributed by atoms with E-state index in [4.69, 9.17) is 4.74 Å². The van der Waals surface area contributed by atoms with Crippen LogP contribution in [-0.4, -0.2) is 186 Å². The number of piperazine rings is 1. The Balaban J connectivity index is 0.000000447. The van der Waals surface area contributed by atoms with Gasteiger partial charge in [0.05, 0.1) is 19.8 Å². The van der Waals surface area contributed by atoms with Gasteiger partial charge in [0.15, 0.2) is 0 Å². The topological polar surface area (TPSA) is 49.0 Å². The second kappa shape index (κ2) is 33.4. The number of nitrogens with zero attached hydrogens (tertiary/aromatic N) is 7. The van der Waals surface area contributed by atoms with Gasteiger partial charge in [-0.25, -0.2) is 0 Å². The summed E-state index contributed by atoms with van der Waals surface area (Å²) in [5.74, 6) is 4.89. The summed E-state index contributed by atoms with van der Waals surface area (Å²) < 4.78 is 5.27. The molecule has 5 fully saturated rings. The molecule has 9 heteroatoms. The van der Waals surface area contributed by atoms with Gasteiger partial charge < -0.3 is 34.1 Å². The van der Waals surface area contributed by atoms with E-state index in [0.29, 0.717) is 33.6 Å². The first-order valence-corrected chi connectivity index (χ1v) is 29.8. The normalized spacial score (nSPS) is 21.7. The van der Waals surface area contributed by atoms with Crippen LogP contribution in [-0.2, 0) is 9.53 Å². The Morgan fingerprint density at radius 1 is 0.493 bits per heavy atom. The highest BCUT2D eigenvalue weighted by atomic mass is 16.5. The Morgan fingerprint density at radius 3 is 1.23 bits per heavy atom. The largest absolute Gasteiger partial charge is 0.379 e. The maximum Gasteiger partial charge on any atom is 0.236 e. The monoisotopic (exact) mass is 1000 g/mol. The number of likely N-dealkylation sites (tertiary alicyclic amines) is 3. The number of carbonyl (C=O) groups is 1. The van der Waals surface area contributed by atoms with Crippen molar-refractivity contribution < 1.29 is 9.53 Å². The lowest BCUT2D eigenvalue weighted by molar-refractivity contribution is -0.133. The molecule has 5 aliphatic heterocycles. The number of rotatable bonds is 12. The molecule has 71 heavy (non-hydrogen) atoms. The second-order valence-electron chi connectivity index (χ2n) is 29.5. The number of hydrogen-bond donors (Lipinski definition) is 0. The van der Waals surface area contributed by atoms with E-state index in [1.54, 1.807) is 0 Å². The molecule has 0 spiro atoms. The van der Waals surface area contributed by atoms with E-state index >= 15 is 0 Å². The summed E-state index contributed by atoms with van der Waals surface area (Å²) in [5, 5.41) is 0. The quantitative estimate of drug-likeness (QED) is 0.192. The summed E-state index contributed by atoms with van der Waals surface area (Å²) in [6, 6.07) is 0. The fourth-order valence-electron chi connectivity index (χ4n) is 11.6. The van der Waals surface area contributed by atoms with Crippen molar-refractivity contribution in [2.24, 2.45) is 56.7 Å². The molecule has 5 heterocycles. The molecule has 0 aromatic carbocycles. The lowest BCUT2D eigenvalue weighted by atomic mass is 9.73. The van der Waals surface area contributed by atoms with Crippen molar-refractivity contribution in [3.05, 3.63) is 0 Å². The zero-order valence-corrected chi connectivity index (χ0v) is 52.3. The summed E-state index contributed by atoms with van der Waals surface area (Å²) >= 11 is 0. The van der Waals surface area contributed by atoms with Crippen LogP contribution in [0.4, 0.5) is 0 Å². The van der Waals surface area contributed by atoms with Crippen LogP contribution in [0.15, 0.2) is 0 Å². The smallest absolute Gasteiger partial charge is 0.236 e. The second-order valence-corrected chi connectivity index (χ2v) is 29.5. The van der Waals surface area contributed by atoms with Gasteiger partial charge in [-0.3, -0.25) is 9.69 Å². The fraction of sp³-hybridized carbons (Fsp3) is 0.984. The first-order valence-electron chi connectivity index (χ1n) is 29.8. The van der Waals surface area contributed by atoms with Gasteiger partial charge in [-0.2, -0.15) is 0 Å². The van der Waals surface area contributed by atoms with Gasteiger partial charge in [-0.1, -0.05) is 137 Å². The number of ether oxygens (including phenoxy) is 1. The minimum Gasteiger partial charge on any atom is -0.379 e. The van der Waals surface area contributed by atoms with Crippen molar-refractivity contribution in [2.75, 3.05) is 146 Å². The lowest BCUT2D eigenvalue weighted by Gasteiger charge is -2.37. The molecule has 5 rings (SSSR count). The third kappa shape index (κ3) is 33.8. The molecule has 2 atom stereocenters. The van der Waals surface area contributed by atoms with E-state index in [1.165, 1.54) is 143 Å². The predicted molar refractivity (Wildman–Crippen MR) is 313 cm³/mol. The molecule has 0 aromatic heterocycles. The molecule has 5 saturated heterocycles. The van der Waals surface area contributed by atoms with E-state index in [1.807, 2.05) is 23.9 Å². The highest BCUT2D eigenvalue weighted by Gasteiger charge is 2.30. The van der Waals surface area contributed by atoms with E-state index in [2.05, 4.69) is 163 Å². The Kier molecular flexibility index (Phi) is 32.1. The van der Waals surface area contributed by atoms with Crippen molar-refractivity contribution in [1.82, 2.24) is 34.3 Å². The highest BCUT2D eigenvalue weighted by Crippen LogP contribution is 2.38. The summed E-state index contributed by atoms with van der Waals surface area (Å²) in [6.45, 7) is 62.5. The first-order chi connectivity index (χ1) is 32.7. The number of morpholine rings is 1. The molecule has 0 aliphatic carbocycles. The van der Waals surface area contributed by atoms with Crippen molar-refractivity contribution >= 4 is 5.91 Å². The maximum atomic E-state index is 11.9. The van der Waals surface area contributed by atoms with E-state index in [9.17, 15) is 4.79 Å². The summed E-state index contributed by atoms with van der Waals surface area (Å²) in [7, 11) is 8.35.